The molecule has 3 rings (SSSR count). The minimum absolute atomic E-state index is 0.0910. The zero-order valence-electron chi connectivity index (χ0n) is 16.7. The highest BCUT2D eigenvalue weighted by molar-refractivity contribution is 7.98. The summed E-state index contributed by atoms with van der Waals surface area (Å²) in [5.74, 6) is 0.872. The van der Waals surface area contributed by atoms with Crippen LogP contribution in [0.5, 0.6) is 0 Å². The van der Waals surface area contributed by atoms with Crippen molar-refractivity contribution in [2.75, 3.05) is 6.61 Å². The molecule has 1 atom stereocenters. The number of hydrogen-bond donors (Lipinski definition) is 0. The Bertz CT molecular complexity index is 843. The average molecular weight is 397 g/mol. The molecule has 28 heavy (non-hydrogen) atoms. The largest absolute Gasteiger partial charge is 0.465 e. The molecule has 2 aromatic carbocycles. The van der Waals surface area contributed by atoms with E-state index in [1.54, 1.807) is 11.8 Å². The highest BCUT2D eigenvalue weighted by Gasteiger charge is 2.22. The molecule has 1 unspecified atom stereocenters. The summed E-state index contributed by atoms with van der Waals surface area (Å²) in [5, 5.41) is 0. The number of hydrogen-bond acceptors (Lipinski definition) is 4. The van der Waals surface area contributed by atoms with Gasteiger partial charge in [0.2, 0.25) is 0 Å². The molecule has 0 radical (unpaired) electrons. The van der Waals surface area contributed by atoms with Gasteiger partial charge in [0.1, 0.15) is 0 Å². The summed E-state index contributed by atoms with van der Waals surface area (Å²) in [6.45, 7) is 4.60. The number of carbonyl (C=O) groups excluding carboxylic acids is 2. The van der Waals surface area contributed by atoms with Crippen molar-refractivity contribution in [3.63, 3.8) is 0 Å². The Morgan fingerprint density at radius 1 is 1.11 bits per heavy atom. The number of thioether (sulfide) groups is 1. The molecule has 1 aliphatic heterocycles. The normalized spacial score (nSPS) is 14.0. The van der Waals surface area contributed by atoms with Gasteiger partial charge >= 0.3 is 5.97 Å². The SMILES string of the molecule is CCCCCCC(=O)OCC(C)c1ccc2c(c1)SCc1ccccc1C2=O. The lowest BCUT2D eigenvalue weighted by molar-refractivity contribution is -0.144. The molecule has 0 saturated carbocycles. The van der Waals surface area contributed by atoms with E-state index in [0.29, 0.717) is 13.0 Å². The molecular formula is C24H28O3S. The number of rotatable bonds is 8. The highest BCUT2D eigenvalue weighted by atomic mass is 32.2. The van der Waals surface area contributed by atoms with E-state index in [1.165, 1.54) is 6.42 Å². The summed E-state index contributed by atoms with van der Waals surface area (Å²) in [7, 11) is 0. The van der Waals surface area contributed by atoms with Crippen LogP contribution in [0.1, 0.15) is 78.9 Å². The molecule has 0 fully saturated rings. The van der Waals surface area contributed by atoms with Gasteiger partial charge < -0.3 is 4.74 Å². The van der Waals surface area contributed by atoms with Crippen LogP contribution in [0.3, 0.4) is 0 Å². The molecule has 0 aromatic heterocycles. The van der Waals surface area contributed by atoms with Gasteiger partial charge in [-0.3, -0.25) is 9.59 Å². The summed E-state index contributed by atoms with van der Waals surface area (Å²) >= 11 is 1.70. The van der Waals surface area contributed by atoms with Crippen LogP contribution in [-0.2, 0) is 15.3 Å². The van der Waals surface area contributed by atoms with Crippen molar-refractivity contribution < 1.29 is 14.3 Å². The average Bonchev–Trinajstić information content (AvgIpc) is 2.86. The summed E-state index contributed by atoms with van der Waals surface area (Å²) in [5.41, 5.74) is 3.74. The lowest BCUT2D eigenvalue weighted by atomic mass is 9.96. The molecule has 1 aliphatic rings. The quantitative estimate of drug-likeness (QED) is 0.397. The predicted octanol–water partition coefficient (Wildman–Crippen LogP) is 6.14. The number of esters is 1. The van der Waals surface area contributed by atoms with Crippen LogP contribution in [0.4, 0.5) is 0 Å². The number of ketones is 1. The molecule has 0 spiro atoms. The Kier molecular flexibility index (Phi) is 7.32. The fourth-order valence-corrected chi connectivity index (χ4v) is 4.50. The van der Waals surface area contributed by atoms with E-state index in [2.05, 4.69) is 19.9 Å². The number of unbranched alkanes of at least 4 members (excludes halogenated alkanes) is 3. The number of fused-ring (bicyclic) bond motifs is 2. The monoisotopic (exact) mass is 396 g/mol. The van der Waals surface area contributed by atoms with E-state index < -0.39 is 0 Å². The summed E-state index contributed by atoms with van der Waals surface area (Å²) in [6, 6.07) is 13.8. The Morgan fingerprint density at radius 2 is 1.93 bits per heavy atom. The lowest BCUT2D eigenvalue weighted by Gasteiger charge is -2.15. The van der Waals surface area contributed by atoms with Gasteiger partial charge in [-0.05, 0) is 29.7 Å². The Hall–Kier alpha value is -2.07. The number of carbonyl (C=O) groups is 2. The molecular weight excluding hydrogens is 368 g/mol. The summed E-state index contributed by atoms with van der Waals surface area (Å²) < 4.78 is 5.47. The Morgan fingerprint density at radius 3 is 2.75 bits per heavy atom. The maximum absolute atomic E-state index is 12.9. The zero-order chi connectivity index (χ0) is 19.9. The van der Waals surface area contributed by atoms with E-state index in [-0.39, 0.29) is 17.7 Å². The fraction of sp³-hybridized carbons (Fsp3) is 0.417. The first-order valence-corrected chi connectivity index (χ1v) is 11.1. The van der Waals surface area contributed by atoms with Crippen molar-refractivity contribution in [1.29, 1.82) is 0 Å². The second-order valence-electron chi connectivity index (χ2n) is 7.43. The third-order valence-electron chi connectivity index (χ3n) is 5.19. The molecule has 148 valence electrons. The van der Waals surface area contributed by atoms with E-state index >= 15 is 0 Å². The second-order valence-corrected chi connectivity index (χ2v) is 8.44. The van der Waals surface area contributed by atoms with Gasteiger partial charge in [-0.25, -0.2) is 0 Å². The standard InChI is InChI=1S/C24H28O3S/c1-3-4-5-6-11-23(25)27-15-17(2)18-12-13-21-22(14-18)28-16-19-9-7-8-10-20(19)24(21)26/h7-10,12-14,17H,3-6,11,15-16H2,1-2H3. The van der Waals surface area contributed by atoms with E-state index in [0.717, 1.165) is 52.2 Å². The second kappa shape index (κ2) is 9.92. The summed E-state index contributed by atoms with van der Waals surface area (Å²) in [6.07, 6.45) is 4.81. The minimum atomic E-state index is -0.113. The molecule has 0 amide bonds. The van der Waals surface area contributed by atoms with E-state index in [1.807, 2.05) is 36.4 Å². The smallest absolute Gasteiger partial charge is 0.305 e. The highest BCUT2D eigenvalue weighted by Crippen LogP contribution is 2.35. The van der Waals surface area contributed by atoms with Gasteiger partial charge in [-0.15, -0.1) is 11.8 Å². The lowest BCUT2D eigenvalue weighted by Crippen LogP contribution is -2.11. The topological polar surface area (TPSA) is 43.4 Å². The molecule has 0 aliphatic carbocycles. The van der Waals surface area contributed by atoms with Crippen LogP contribution >= 0.6 is 11.8 Å². The third kappa shape index (κ3) is 5.05. The van der Waals surface area contributed by atoms with Gasteiger partial charge in [0.05, 0.1) is 6.61 Å². The van der Waals surface area contributed by atoms with Gasteiger partial charge in [0, 0.05) is 34.1 Å². The Labute approximate surface area is 171 Å². The van der Waals surface area contributed by atoms with Crippen LogP contribution in [0.2, 0.25) is 0 Å². The molecule has 0 N–H and O–H groups in total. The maximum atomic E-state index is 12.9. The molecule has 2 aromatic rings. The van der Waals surface area contributed by atoms with E-state index in [4.69, 9.17) is 4.74 Å². The van der Waals surface area contributed by atoms with E-state index in [9.17, 15) is 9.59 Å². The van der Waals surface area contributed by atoms with Crippen LogP contribution < -0.4 is 0 Å². The first kappa shape index (κ1) is 20.7. The first-order valence-electron chi connectivity index (χ1n) is 10.1. The Balaban J connectivity index is 1.62. The van der Waals surface area contributed by atoms with Crippen LogP contribution in [0, 0.1) is 0 Å². The fourth-order valence-electron chi connectivity index (χ4n) is 3.40. The van der Waals surface area contributed by atoms with Gasteiger partial charge in [0.15, 0.2) is 5.78 Å². The molecule has 0 saturated heterocycles. The predicted molar refractivity (Wildman–Crippen MR) is 114 cm³/mol. The summed E-state index contributed by atoms with van der Waals surface area (Å²) in [4.78, 5) is 25.8. The number of ether oxygens (including phenoxy) is 1. The maximum Gasteiger partial charge on any atom is 0.305 e. The zero-order valence-corrected chi connectivity index (χ0v) is 17.5. The molecule has 4 heteroatoms. The van der Waals surface area contributed by atoms with Crippen molar-refractivity contribution in [1.82, 2.24) is 0 Å². The molecule has 3 nitrogen and oxygen atoms in total. The van der Waals surface area contributed by atoms with Crippen LogP contribution in [-0.4, -0.2) is 18.4 Å². The first-order chi connectivity index (χ1) is 13.6. The van der Waals surface area contributed by atoms with Crippen LogP contribution in [0.25, 0.3) is 0 Å². The van der Waals surface area contributed by atoms with Gasteiger partial charge in [-0.2, -0.15) is 0 Å². The van der Waals surface area contributed by atoms with Crippen molar-refractivity contribution in [3.05, 3.63) is 64.7 Å². The van der Waals surface area contributed by atoms with Gasteiger partial charge in [0.25, 0.3) is 0 Å². The van der Waals surface area contributed by atoms with Crippen molar-refractivity contribution in [3.8, 4) is 0 Å². The van der Waals surface area contributed by atoms with Crippen molar-refractivity contribution in [2.45, 2.75) is 62.5 Å². The van der Waals surface area contributed by atoms with Crippen molar-refractivity contribution in [2.24, 2.45) is 0 Å². The number of benzene rings is 2. The molecule has 1 heterocycles. The third-order valence-corrected chi connectivity index (χ3v) is 6.30. The van der Waals surface area contributed by atoms with Crippen molar-refractivity contribution >= 4 is 23.5 Å². The van der Waals surface area contributed by atoms with Crippen LogP contribution in [0.15, 0.2) is 47.4 Å². The minimum Gasteiger partial charge on any atom is -0.465 e. The van der Waals surface area contributed by atoms with Gasteiger partial charge in [-0.1, -0.05) is 63.4 Å². The molecule has 0 bridgehead atoms.